The number of nitrogens with zero attached hydrogens (tertiary/aromatic N) is 1. The minimum atomic E-state index is -1.03. The van der Waals surface area contributed by atoms with E-state index in [1.165, 1.54) is 0 Å². The summed E-state index contributed by atoms with van der Waals surface area (Å²) in [7, 11) is 0. The monoisotopic (exact) mass is 245 g/mol. The highest BCUT2D eigenvalue weighted by Crippen LogP contribution is 2.14. The number of Topliss-reactive ketones (excluding diaryl/α,β-unsaturated/α-hetero) is 1. The topological polar surface area (TPSA) is 67.2 Å². The fraction of sp³-hybridized carbons (Fsp3) is 0.357. The molecule has 0 radical (unpaired) electrons. The number of ether oxygens (including phenoxy) is 1. The van der Waals surface area contributed by atoms with Crippen LogP contribution >= 0.6 is 0 Å². The van der Waals surface area contributed by atoms with E-state index in [2.05, 4.69) is 0 Å². The second-order valence-corrected chi connectivity index (χ2v) is 3.88. The summed E-state index contributed by atoms with van der Waals surface area (Å²) in [4.78, 5) is 23.4. The summed E-state index contributed by atoms with van der Waals surface area (Å²) in [6.07, 6.45) is -0.139. The van der Waals surface area contributed by atoms with Crippen molar-refractivity contribution in [2.75, 3.05) is 6.61 Å². The standard InChI is InChI=1S/C14H15NO3/c1-3-18-14(17)11(9-15)8-13(16)12-7-5-4-6-10(12)2/h4-7,11H,3,8H2,1-2H3/t11-/m1/s1. The summed E-state index contributed by atoms with van der Waals surface area (Å²) in [5.74, 6) is -1.88. The highest BCUT2D eigenvalue weighted by Gasteiger charge is 2.23. The molecular formula is C14H15NO3. The lowest BCUT2D eigenvalue weighted by molar-refractivity contribution is -0.145. The van der Waals surface area contributed by atoms with Gasteiger partial charge in [-0.2, -0.15) is 5.26 Å². The van der Waals surface area contributed by atoms with Crippen molar-refractivity contribution in [3.05, 3.63) is 35.4 Å². The summed E-state index contributed by atoms with van der Waals surface area (Å²) >= 11 is 0. The minimum absolute atomic E-state index is 0.139. The van der Waals surface area contributed by atoms with E-state index in [0.29, 0.717) is 5.56 Å². The van der Waals surface area contributed by atoms with Crippen molar-refractivity contribution < 1.29 is 14.3 Å². The molecule has 1 atom stereocenters. The van der Waals surface area contributed by atoms with Gasteiger partial charge in [0.15, 0.2) is 11.7 Å². The predicted molar refractivity (Wildman–Crippen MR) is 65.9 cm³/mol. The molecule has 0 fully saturated rings. The van der Waals surface area contributed by atoms with Gasteiger partial charge in [-0.1, -0.05) is 24.3 Å². The molecule has 0 saturated carbocycles. The van der Waals surface area contributed by atoms with E-state index in [9.17, 15) is 9.59 Å². The van der Waals surface area contributed by atoms with Crippen molar-refractivity contribution in [1.29, 1.82) is 5.26 Å². The van der Waals surface area contributed by atoms with Crippen molar-refractivity contribution in [3.8, 4) is 6.07 Å². The van der Waals surface area contributed by atoms with Gasteiger partial charge in [0.2, 0.25) is 0 Å². The van der Waals surface area contributed by atoms with Gasteiger partial charge in [-0.3, -0.25) is 9.59 Å². The number of hydrogen-bond acceptors (Lipinski definition) is 4. The quantitative estimate of drug-likeness (QED) is 0.589. The molecule has 0 amide bonds. The smallest absolute Gasteiger partial charge is 0.323 e. The van der Waals surface area contributed by atoms with Gasteiger partial charge in [-0.15, -0.1) is 0 Å². The summed E-state index contributed by atoms with van der Waals surface area (Å²) in [6.45, 7) is 3.68. The first-order valence-corrected chi connectivity index (χ1v) is 5.75. The molecule has 1 aromatic rings. The molecule has 0 aliphatic carbocycles. The van der Waals surface area contributed by atoms with Crippen LogP contribution in [0.5, 0.6) is 0 Å². The fourth-order valence-corrected chi connectivity index (χ4v) is 1.61. The second kappa shape index (κ2) is 6.55. The summed E-state index contributed by atoms with van der Waals surface area (Å²) in [5.41, 5.74) is 1.38. The molecule has 1 aromatic carbocycles. The lowest BCUT2D eigenvalue weighted by Gasteiger charge is -2.08. The van der Waals surface area contributed by atoms with Gasteiger partial charge in [0.05, 0.1) is 12.7 Å². The van der Waals surface area contributed by atoms with E-state index in [1.807, 2.05) is 25.1 Å². The van der Waals surface area contributed by atoms with Crippen molar-refractivity contribution >= 4 is 11.8 Å². The third-order valence-corrected chi connectivity index (χ3v) is 2.56. The van der Waals surface area contributed by atoms with E-state index >= 15 is 0 Å². The summed E-state index contributed by atoms with van der Waals surface area (Å²) < 4.78 is 4.75. The van der Waals surface area contributed by atoms with Crippen LogP contribution in [0.3, 0.4) is 0 Å². The Hall–Kier alpha value is -2.15. The van der Waals surface area contributed by atoms with E-state index in [0.717, 1.165) is 5.56 Å². The zero-order valence-electron chi connectivity index (χ0n) is 10.5. The van der Waals surface area contributed by atoms with Crippen LogP contribution < -0.4 is 0 Å². The van der Waals surface area contributed by atoms with Gasteiger partial charge in [0.25, 0.3) is 0 Å². The Morgan fingerprint density at radius 2 is 2.06 bits per heavy atom. The largest absolute Gasteiger partial charge is 0.465 e. The van der Waals surface area contributed by atoms with Crippen molar-refractivity contribution in [2.45, 2.75) is 20.3 Å². The summed E-state index contributed by atoms with van der Waals surface area (Å²) in [6, 6.07) is 8.91. The van der Waals surface area contributed by atoms with Crippen LogP contribution in [0.4, 0.5) is 0 Å². The molecule has 4 heteroatoms. The SMILES string of the molecule is CCOC(=O)[C@@H](C#N)CC(=O)c1ccccc1C. The lowest BCUT2D eigenvalue weighted by Crippen LogP contribution is -2.20. The van der Waals surface area contributed by atoms with Crippen LogP contribution in [0.15, 0.2) is 24.3 Å². The van der Waals surface area contributed by atoms with Gasteiger partial charge >= 0.3 is 5.97 Å². The second-order valence-electron chi connectivity index (χ2n) is 3.88. The number of ketones is 1. The average molecular weight is 245 g/mol. The first-order valence-electron chi connectivity index (χ1n) is 5.75. The molecule has 0 saturated heterocycles. The van der Waals surface area contributed by atoms with Crippen molar-refractivity contribution in [2.24, 2.45) is 5.92 Å². The number of nitriles is 1. The zero-order chi connectivity index (χ0) is 13.5. The Kier molecular flexibility index (Phi) is 5.06. The minimum Gasteiger partial charge on any atom is -0.465 e. The Labute approximate surface area is 106 Å². The molecule has 0 aliphatic heterocycles. The molecule has 0 heterocycles. The molecular weight excluding hydrogens is 230 g/mol. The third kappa shape index (κ3) is 3.42. The Morgan fingerprint density at radius 3 is 2.61 bits per heavy atom. The molecule has 0 bridgehead atoms. The number of benzene rings is 1. The van der Waals surface area contributed by atoms with E-state index in [4.69, 9.17) is 10.00 Å². The number of aryl methyl sites for hydroxylation is 1. The highest BCUT2D eigenvalue weighted by molar-refractivity contribution is 5.99. The summed E-state index contributed by atoms with van der Waals surface area (Å²) in [5, 5.41) is 8.89. The third-order valence-electron chi connectivity index (χ3n) is 2.56. The maximum Gasteiger partial charge on any atom is 0.323 e. The molecule has 1 rings (SSSR count). The van der Waals surface area contributed by atoms with Gasteiger partial charge in [-0.25, -0.2) is 0 Å². The van der Waals surface area contributed by atoms with Gasteiger partial charge in [0, 0.05) is 12.0 Å². The molecule has 94 valence electrons. The molecule has 4 nitrogen and oxygen atoms in total. The van der Waals surface area contributed by atoms with Gasteiger partial charge in [0.1, 0.15) is 0 Å². The number of carbonyl (C=O) groups is 2. The first-order chi connectivity index (χ1) is 8.60. The van der Waals surface area contributed by atoms with Crippen LogP contribution in [0, 0.1) is 24.2 Å². The van der Waals surface area contributed by atoms with E-state index in [-0.39, 0.29) is 18.8 Å². The molecule has 0 aromatic heterocycles. The number of esters is 1. The maximum absolute atomic E-state index is 12.0. The van der Waals surface area contributed by atoms with Crippen LogP contribution in [0.2, 0.25) is 0 Å². The predicted octanol–water partition coefficient (Wildman–Crippen LogP) is 2.27. The van der Waals surface area contributed by atoms with Crippen LogP contribution in [-0.2, 0) is 9.53 Å². The van der Waals surface area contributed by atoms with E-state index in [1.54, 1.807) is 19.1 Å². The van der Waals surface area contributed by atoms with Crippen LogP contribution in [0.25, 0.3) is 0 Å². The fourth-order valence-electron chi connectivity index (χ4n) is 1.61. The van der Waals surface area contributed by atoms with E-state index < -0.39 is 11.9 Å². The van der Waals surface area contributed by atoms with Crippen LogP contribution in [0.1, 0.15) is 29.3 Å². The number of hydrogen-bond donors (Lipinski definition) is 0. The average Bonchev–Trinajstić information content (AvgIpc) is 2.36. The van der Waals surface area contributed by atoms with Crippen LogP contribution in [-0.4, -0.2) is 18.4 Å². The zero-order valence-corrected chi connectivity index (χ0v) is 10.5. The first kappa shape index (κ1) is 13.9. The molecule has 18 heavy (non-hydrogen) atoms. The normalized spacial score (nSPS) is 11.4. The molecule has 0 spiro atoms. The Bertz CT molecular complexity index is 488. The van der Waals surface area contributed by atoms with Gasteiger partial charge in [-0.05, 0) is 19.4 Å². The van der Waals surface area contributed by atoms with Gasteiger partial charge < -0.3 is 4.74 Å². The number of carbonyl (C=O) groups excluding carboxylic acids is 2. The van der Waals surface area contributed by atoms with Crippen molar-refractivity contribution in [1.82, 2.24) is 0 Å². The Balaban J connectivity index is 2.78. The maximum atomic E-state index is 12.0. The molecule has 0 N–H and O–H groups in total. The Morgan fingerprint density at radius 1 is 1.39 bits per heavy atom. The molecule has 0 unspecified atom stereocenters. The van der Waals surface area contributed by atoms with Crippen molar-refractivity contribution in [3.63, 3.8) is 0 Å². The lowest BCUT2D eigenvalue weighted by atomic mass is 9.96. The molecule has 0 aliphatic rings. The number of rotatable bonds is 5. The highest BCUT2D eigenvalue weighted by atomic mass is 16.5.